The third-order valence-corrected chi connectivity index (χ3v) is 5.97. The van der Waals surface area contributed by atoms with Crippen molar-refractivity contribution in [3.8, 4) is 11.1 Å². The van der Waals surface area contributed by atoms with Gasteiger partial charge in [-0.3, -0.25) is 0 Å². The van der Waals surface area contributed by atoms with Crippen LogP contribution in [0.4, 0.5) is 4.79 Å². The van der Waals surface area contributed by atoms with Gasteiger partial charge in [-0.15, -0.1) is 0 Å². The van der Waals surface area contributed by atoms with E-state index in [1.807, 2.05) is 24.3 Å². The van der Waals surface area contributed by atoms with Crippen LogP contribution in [0.1, 0.15) is 43.2 Å². The first-order chi connectivity index (χ1) is 12.5. The van der Waals surface area contributed by atoms with Crippen molar-refractivity contribution < 1.29 is 14.6 Å². The highest BCUT2D eigenvalue weighted by atomic mass is 16.6. The molecule has 1 fully saturated rings. The van der Waals surface area contributed by atoms with Gasteiger partial charge in [-0.25, -0.2) is 4.79 Å². The Labute approximate surface area is 154 Å². The van der Waals surface area contributed by atoms with Gasteiger partial charge in [0.2, 0.25) is 0 Å². The summed E-state index contributed by atoms with van der Waals surface area (Å²) < 4.78 is 5.68. The lowest BCUT2D eigenvalue weighted by Crippen LogP contribution is -2.48. The van der Waals surface area contributed by atoms with Gasteiger partial charge in [-0.05, 0) is 48.4 Å². The summed E-state index contributed by atoms with van der Waals surface area (Å²) >= 11 is 0. The molecule has 0 heterocycles. The number of likely N-dealkylation sites (N-methyl/N-ethyl adjacent to an activating group) is 1. The molecule has 136 valence electrons. The van der Waals surface area contributed by atoms with Crippen molar-refractivity contribution >= 4 is 6.09 Å². The lowest BCUT2D eigenvalue weighted by atomic mass is 9.98. The van der Waals surface area contributed by atoms with Crippen molar-refractivity contribution in [2.24, 2.45) is 0 Å². The first-order valence-electron chi connectivity index (χ1n) is 9.29. The third kappa shape index (κ3) is 2.78. The lowest BCUT2D eigenvalue weighted by molar-refractivity contribution is -0.00613. The van der Waals surface area contributed by atoms with Gasteiger partial charge in [0.25, 0.3) is 0 Å². The molecule has 4 heteroatoms. The normalized spacial score (nSPS) is 24.2. The van der Waals surface area contributed by atoms with E-state index in [2.05, 4.69) is 24.3 Å². The zero-order valence-electron chi connectivity index (χ0n) is 15.3. The number of hydrogen-bond acceptors (Lipinski definition) is 3. The minimum absolute atomic E-state index is 0.0591. The lowest BCUT2D eigenvalue weighted by Gasteiger charge is -2.33. The number of rotatable bonds is 3. The Bertz CT molecular complexity index is 784. The van der Waals surface area contributed by atoms with Crippen LogP contribution in [0.25, 0.3) is 11.1 Å². The summed E-state index contributed by atoms with van der Waals surface area (Å²) in [5.74, 6) is 0.0591. The van der Waals surface area contributed by atoms with E-state index in [1.54, 1.807) is 18.9 Å². The second kappa shape index (κ2) is 6.44. The van der Waals surface area contributed by atoms with Gasteiger partial charge < -0.3 is 14.7 Å². The molecule has 26 heavy (non-hydrogen) atoms. The molecule has 4 rings (SSSR count). The van der Waals surface area contributed by atoms with E-state index in [0.29, 0.717) is 6.61 Å². The summed E-state index contributed by atoms with van der Waals surface area (Å²) in [4.78, 5) is 14.2. The van der Waals surface area contributed by atoms with Gasteiger partial charge in [-0.2, -0.15) is 0 Å². The van der Waals surface area contributed by atoms with Gasteiger partial charge in [0, 0.05) is 13.0 Å². The monoisotopic (exact) mass is 351 g/mol. The van der Waals surface area contributed by atoms with Gasteiger partial charge >= 0.3 is 6.09 Å². The Hall–Kier alpha value is -2.33. The fourth-order valence-electron chi connectivity index (χ4n) is 4.56. The van der Waals surface area contributed by atoms with E-state index in [9.17, 15) is 9.90 Å². The summed E-state index contributed by atoms with van der Waals surface area (Å²) in [5.41, 5.74) is 4.02. The predicted octanol–water partition coefficient (Wildman–Crippen LogP) is 4.17. The van der Waals surface area contributed by atoms with Crippen molar-refractivity contribution in [2.75, 3.05) is 13.7 Å². The smallest absolute Gasteiger partial charge is 0.409 e. The molecular weight excluding hydrogens is 326 g/mol. The van der Waals surface area contributed by atoms with Crippen LogP contribution in [0, 0.1) is 0 Å². The Morgan fingerprint density at radius 3 is 2.27 bits per heavy atom. The second-order valence-corrected chi connectivity index (χ2v) is 7.68. The van der Waals surface area contributed by atoms with E-state index in [0.717, 1.165) is 19.3 Å². The molecular formula is C22H25NO3. The van der Waals surface area contributed by atoms with Gasteiger partial charge in [0.15, 0.2) is 0 Å². The number of hydrogen-bond donors (Lipinski definition) is 1. The molecule has 0 spiro atoms. The Kier molecular flexibility index (Phi) is 4.23. The fourth-order valence-corrected chi connectivity index (χ4v) is 4.56. The zero-order valence-corrected chi connectivity index (χ0v) is 15.3. The summed E-state index contributed by atoms with van der Waals surface area (Å²) in [6, 6.07) is 16.4. The molecule has 0 aromatic heterocycles. The molecule has 1 N–H and O–H groups in total. The first-order valence-corrected chi connectivity index (χ1v) is 9.29. The van der Waals surface area contributed by atoms with Crippen molar-refractivity contribution in [3.63, 3.8) is 0 Å². The van der Waals surface area contributed by atoms with Crippen LogP contribution in [-0.4, -0.2) is 41.4 Å². The summed E-state index contributed by atoms with van der Waals surface area (Å²) in [6.07, 6.45) is 2.10. The summed E-state index contributed by atoms with van der Waals surface area (Å²) in [6.45, 7) is 2.12. The van der Waals surface area contributed by atoms with Crippen LogP contribution < -0.4 is 0 Å². The molecule has 2 aromatic rings. The highest BCUT2D eigenvalue weighted by molar-refractivity contribution is 5.79. The maximum absolute atomic E-state index is 12.6. The van der Waals surface area contributed by atoms with Crippen molar-refractivity contribution in [1.82, 2.24) is 4.90 Å². The van der Waals surface area contributed by atoms with Crippen LogP contribution in [0.15, 0.2) is 48.5 Å². The standard InChI is InChI=1S/C22H25NO3/c1-22(25)13-7-12-20(22)23(2)21(24)26-14-19-17-10-5-3-8-15(17)16-9-4-6-11-18(16)19/h3-6,8-11,19-20,25H,7,12-14H2,1-2H3/t20-,22-/m1/s1. The molecule has 0 saturated heterocycles. The van der Waals surface area contributed by atoms with Crippen LogP contribution >= 0.6 is 0 Å². The predicted molar refractivity (Wildman–Crippen MR) is 101 cm³/mol. The largest absolute Gasteiger partial charge is 0.448 e. The molecule has 0 bridgehead atoms. The zero-order chi connectivity index (χ0) is 18.3. The Balaban J connectivity index is 1.51. The van der Waals surface area contributed by atoms with E-state index < -0.39 is 5.60 Å². The first kappa shape index (κ1) is 17.1. The summed E-state index contributed by atoms with van der Waals surface area (Å²) in [5, 5.41) is 10.5. The molecule has 4 nitrogen and oxygen atoms in total. The van der Waals surface area contributed by atoms with Crippen LogP contribution in [0.2, 0.25) is 0 Å². The fraction of sp³-hybridized carbons (Fsp3) is 0.409. The summed E-state index contributed by atoms with van der Waals surface area (Å²) in [7, 11) is 1.73. The molecule has 2 aromatic carbocycles. The van der Waals surface area contributed by atoms with Crippen LogP contribution in [0.5, 0.6) is 0 Å². The average Bonchev–Trinajstić information content (AvgIpc) is 3.16. The topological polar surface area (TPSA) is 49.8 Å². The van der Waals surface area contributed by atoms with E-state index in [-0.39, 0.29) is 18.1 Å². The number of amides is 1. The van der Waals surface area contributed by atoms with Gasteiger partial charge in [0.1, 0.15) is 6.61 Å². The number of ether oxygens (including phenoxy) is 1. The van der Waals surface area contributed by atoms with Crippen molar-refractivity contribution in [2.45, 2.75) is 43.7 Å². The molecule has 0 radical (unpaired) electrons. The molecule has 2 aliphatic rings. The van der Waals surface area contributed by atoms with Crippen LogP contribution in [-0.2, 0) is 4.74 Å². The number of carbonyl (C=O) groups excluding carboxylic acids is 1. The van der Waals surface area contributed by atoms with Gasteiger partial charge in [-0.1, -0.05) is 48.5 Å². The van der Waals surface area contributed by atoms with Crippen molar-refractivity contribution in [1.29, 1.82) is 0 Å². The Morgan fingerprint density at radius 1 is 1.15 bits per heavy atom. The van der Waals surface area contributed by atoms with Gasteiger partial charge in [0.05, 0.1) is 11.6 Å². The minimum atomic E-state index is -0.833. The number of nitrogens with zero attached hydrogens (tertiary/aromatic N) is 1. The number of aliphatic hydroxyl groups is 1. The highest BCUT2D eigenvalue weighted by Crippen LogP contribution is 2.44. The number of carbonyl (C=O) groups is 1. The van der Waals surface area contributed by atoms with E-state index in [4.69, 9.17) is 4.74 Å². The SMILES string of the molecule is CN(C(=O)OCC1c2ccccc2-c2ccccc21)[C@@H]1CCC[C@@]1(C)O. The molecule has 1 amide bonds. The molecule has 2 aliphatic carbocycles. The number of benzene rings is 2. The molecule has 1 saturated carbocycles. The van der Waals surface area contributed by atoms with Crippen LogP contribution in [0.3, 0.4) is 0 Å². The van der Waals surface area contributed by atoms with E-state index in [1.165, 1.54) is 22.3 Å². The Morgan fingerprint density at radius 2 is 1.73 bits per heavy atom. The quantitative estimate of drug-likeness (QED) is 0.903. The van der Waals surface area contributed by atoms with E-state index >= 15 is 0 Å². The highest BCUT2D eigenvalue weighted by Gasteiger charge is 2.41. The number of fused-ring (bicyclic) bond motifs is 3. The second-order valence-electron chi connectivity index (χ2n) is 7.68. The molecule has 2 atom stereocenters. The maximum atomic E-state index is 12.6. The minimum Gasteiger partial charge on any atom is -0.448 e. The average molecular weight is 351 g/mol. The molecule has 0 aliphatic heterocycles. The third-order valence-electron chi connectivity index (χ3n) is 5.97. The van der Waals surface area contributed by atoms with Crippen molar-refractivity contribution in [3.05, 3.63) is 59.7 Å². The molecule has 0 unspecified atom stereocenters. The maximum Gasteiger partial charge on any atom is 0.409 e.